The van der Waals surface area contributed by atoms with Gasteiger partial charge in [-0.2, -0.15) is 13.2 Å². The van der Waals surface area contributed by atoms with Crippen LogP contribution >= 0.6 is 11.6 Å². The Bertz CT molecular complexity index is 1130. The van der Waals surface area contributed by atoms with E-state index in [0.29, 0.717) is 23.3 Å². The summed E-state index contributed by atoms with van der Waals surface area (Å²) in [5.41, 5.74) is -1.83. The van der Waals surface area contributed by atoms with Crippen molar-refractivity contribution in [3.8, 4) is 0 Å². The third-order valence-electron chi connectivity index (χ3n) is 7.09. The highest BCUT2D eigenvalue weighted by Crippen LogP contribution is 2.68. The van der Waals surface area contributed by atoms with Gasteiger partial charge in [0.2, 0.25) is 5.91 Å². The summed E-state index contributed by atoms with van der Waals surface area (Å²) in [6.07, 6.45) is -2.79. The maximum absolute atomic E-state index is 14.1. The molecule has 4 unspecified atom stereocenters. The minimum absolute atomic E-state index is 0.250. The molecule has 2 bridgehead atoms. The van der Waals surface area contributed by atoms with Crippen molar-refractivity contribution in [2.24, 2.45) is 11.8 Å². The average molecular weight is 478 g/mol. The van der Waals surface area contributed by atoms with Crippen LogP contribution in [0.15, 0.2) is 12.1 Å². The zero-order valence-electron chi connectivity index (χ0n) is 16.2. The second-order valence-corrected chi connectivity index (χ2v) is 9.05. The van der Waals surface area contributed by atoms with Crippen LogP contribution in [-0.2, 0) is 17.4 Å². The van der Waals surface area contributed by atoms with Gasteiger partial charge in [0.05, 0.1) is 6.42 Å². The fourth-order valence-corrected chi connectivity index (χ4v) is 6.14. The van der Waals surface area contributed by atoms with Crippen LogP contribution in [0, 0.1) is 35.1 Å². The molecule has 32 heavy (non-hydrogen) atoms. The molecule has 5 rings (SSSR count). The molecule has 170 valence electrons. The van der Waals surface area contributed by atoms with Gasteiger partial charge < -0.3 is 5.32 Å². The lowest BCUT2D eigenvalue weighted by atomic mass is 9.60. The second kappa shape index (κ2) is 7.10. The Balaban J connectivity index is 1.45. The minimum atomic E-state index is -5.66. The van der Waals surface area contributed by atoms with Gasteiger partial charge in [-0.25, -0.2) is 17.6 Å². The molecular weight excluding hydrogens is 463 g/mol. The molecule has 0 spiro atoms. The summed E-state index contributed by atoms with van der Waals surface area (Å²) < 4.78 is 94.1. The first-order valence-corrected chi connectivity index (χ1v) is 10.4. The number of amides is 1. The van der Waals surface area contributed by atoms with Gasteiger partial charge in [0.25, 0.3) is 0 Å². The number of hydrogen-bond donors (Lipinski definition) is 1. The van der Waals surface area contributed by atoms with Crippen molar-refractivity contribution in [3.63, 3.8) is 0 Å². The summed E-state index contributed by atoms with van der Waals surface area (Å²) in [7, 11) is 0. The van der Waals surface area contributed by atoms with Gasteiger partial charge in [0, 0.05) is 5.02 Å². The molecule has 1 N–H and O–H groups in total. The Labute approximate surface area is 182 Å². The smallest absolute Gasteiger partial charge is 0.321 e. The fraction of sp³-hybridized carbons (Fsp3) is 0.409. The molecule has 0 aliphatic heterocycles. The SMILES string of the molecule is O=C(Cc1c(Cl)ccc2c1C1C3CCC(C3)C21)Nc1c(F)c(F)c(C(F)(F)F)c(F)c1F. The molecule has 2 nitrogen and oxygen atoms in total. The zero-order chi connectivity index (χ0) is 23.1. The van der Waals surface area contributed by atoms with Gasteiger partial charge >= 0.3 is 6.18 Å². The topological polar surface area (TPSA) is 29.1 Å². The molecule has 1 amide bonds. The van der Waals surface area contributed by atoms with Crippen LogP contribution < -0.4 is 5.32 Å². The van der Waals surface area contributed by atoms with Gasteiger partial charge in [-0.3, -0.25) is 4.79 Å². The average Bonchev–Trinajstić information content (AvgIpc) is 3.26. The monoisotopic (exact) mass is 477 g/mol. The van der Waals surface area contributed by atoms with E-state index in [-0.39, 0.29) is 10.9 Å². The van der Waals surface area contributed by atoms with Crippen LogP contribution in [-0.4, -0.2) is 5.91 Å². The van der Waals surface area contributed by atoms with E-state index in [0.717, 1.165) is 30.4 Å². The highest BCUT2D eigenvalue weighted by Gasteiger charge is 2.56. The summed E-state index contributed by atoms with van der Waals surface area (Å²) in [4.78, 5) is 12.5. The number of hydrogen-bond acceptors (Lipinski definition) is 1. The number of halogens is 8. The fourth-order valence-electron chi connectivity index (χ4n) is 5.91. The number of rotatable bonds is 3. The lowest BCUT2D eigenvalue weighted by Crippen LogP contribution is -2.32. The van der Waals surface area contributed by atoms with Crippen molar-refractivity contribution >= 4 is 23.2 Å². The van der Waals surface area contributed by atoms with Crippen molar-refractivity contribution in [2.75, 3.05) is 5.32 Å². The first-order valence-electron chi connectivity index (χ1n) is 10.0. The molecule has 3 aliphatic carbocycles. The van der Waals surface area contributed by atoms with Crippen molar-refractivity contribution in [1.82, 2.24) is 0 Å². The Morgan fingerprint density at radius 1 is 0.969 bits per heavy atom. The first-order chi connectivity index (χ1) is 15.0. The van der Waals surface area contributed by atoms with Crippen LogP contribution in [0.4, 0.5) is 36.4 Å². The minimum Gasteiger partial charge on any atom is -0.321 e. The van der Waals surface area contributed by atoms with E-state index in [1.54, 1.807) is 11.4 Å². The van der Waals surface area contributed by atoms with Crippen LogP contribution in [0.5, 0.6) is 0 Å². The quantitative estimate of drug-likeness (QED) is 0.386. The van der Waals surface area contributed by atoms with Crippen molar-refractivity contribution in [3.05, 3.63) is 62.7 Å². The van der Waals surface area contributed by atoms with Gasteiger partial charge in [-0.1, -0.05) is 17.7 Å². The molecule has 0 heterocycles. The van der Waals surface area contributed by atoms with Gasteiger partial charge in [0.1, 0.15) is 11.3 Å². The Morgan fingerprint density at radius 3 is 2.16 bits per heavy atom. The van der Waals surface area contributed by atoms with Gasteiger partial charge in [-0.05, 0) is 65.7 Å². The van der Waals surface area contributed by atoms with Crippen molar-refractivity contribution in [1.29, 1.82) is 0 Å². The van der Waals surface area contributed by atoms with Gasteiger partial charge in [-0.15, -0.1) is 0 Å². The van der Waals surface area contributed by atoms with E-state index in [4.69, 9.17) is 11.6 Å². The number of anilines is 1. The second-order valence-electron chi connectivity index (χ2n) is 8.64. The van der Waals surface area contributed by atoms with Gasteiger partial charge in [0.15, 0.2) is 23.3 Å². The lowest BCUT2D eigenvalue weighted by molar-refractivity contribution is -0.143. The molecule has 2 aromatic rings. The Hall–Kier alpha value is -2.29. The number of alkyl halides is 3. The van der Waals surface area contributed by atoms with E-state index < -0.39 is 53.0 Å². The van der Waals surface area contributed by atoms with E-state index in [1.165, 1.54) is 0 Å². The maximum atomic E-state index is 14.1. The molecule has 0 radical (unpaired) electrons. The summed E-state index contributed by atoms with van der Waals surface area (Å²) in [5.74, 6) is -9.25. The Kier molecular flexibility index (Phi) is 4.78. The van der Waals surface area contributed by atoms with Crippen LogP contribution in [0.2, 0.25) is 5.02 Å². The molecule has 4 atom stereocenters. The third-order valence-corrected chi connectivity index (χ3v) is 7.45. The predicted molar refractivity (Wildman–Crippen MR) is 101 cm³/mol. The molecule has 2 fully saturated rings. The molecule has 2 aromatic carbocycles. The number of benzene rings is 2. The zero-order valence-corrected chi connectivity index (χ0v) is 17.0. The molecule has 0 saturated heterocycles. The van der Waals surface area contributed by atoms with Crippen LogP contribution in [0.1, 0.15) is 53.4 Å². The molecule has 0 aromatic heterocycles. The van der Waals surface area contributed by atoms with E-state index >= 15 is 0 Å². The van der Waals surface area contributed by atoms with Crippen molar-refractivity contribution < 1.29 is 35.5 Å². The highest BCUT2D eigenvalue weighted by atomic mass is 35.5. The normalized spacial score (nSPS) is 25.4. The highest BCUT2D eigenvalue weighted by molar-refractivity contribution is 6.31. The Morgan fingerprint density at radius 2 is 1.56 bits per heavy atom. The molecular formula is C22H15ClF7NO. The standard InChI is InChI=1S/C22H15ClF7NO/c23-11-4-3-9-13-7-1-2-8(5-7)14(13)15(9)10(11)6-12(32)31-21-19(26)17(24)16(22(28,29)30)18(25)20(21)27/h3-4,7-8,13-14H,1-2,5-6H2,(H,31,32). The molecule has 2 saturated carbocycles. The predicted octanol–water partition coefficient (Wildman–Crippen LogP) is 6.71. The van der Waals surface area contributed by atoms with E-state index in [9.17, 15) is 35.5 Å². The maximum Gasteiger partial charge on any atom is 0.422 e. The number of fused-ring (bicyclic) bond motifs is 8. The molecule has 3 aliphatic rings. The third kappa shape index (κ3) is 2.96. The number of carbonyl (C=O) groups is 1. The number of nitrogens with one attached hydrogen (secondary N) is 1. The largest absolute Gasteiger partial charge is 0.422 e. The summed E-state index contributed by atoms with van der Waals surface area (Å²) in [6, 6.07) is 3.53. The van der Waals surface area contributed by atoms with Crippen LogP contribution in [0.3, 0.4) is 0 Å². The first kappa shape index (κ1) is 21.6. The van der Waals surface area contributed by atoms with E-state index in [1.807, 2.05) is 6.07 Å². The molecule has 10 heteroatoms. The number of carbonyl (C=O) groups excluding carboxylic acids is 1. The van der Waals surface area contributed by atoms with E-state index in [2.05, 4.69) is 0 Å². The van der Waals surface area contributed by atoms with Crippen molar-refractivity contribution in [2.45, 2.75) is 43.7 Å². The summed E-state index contributed by atoms with van der Waals surface area (Å²) in [6.45, 7) is 0. The van der Waals surface area contributed by atoms with Crippen LogP contribution in [0.25, 0.3) is 0 Å². The lowest BCUT2D eigenvalue weighted by Gasteiger charge is -2.44. The summed E-state index contributed by atoms with van der Waals surface area (Å²) >= 11 is 6.29. The summed E-state index contributed by atoms with van der Waals surface area (Å²) in [5, 5.41) is 1.95.